The number of fused-ring (bicyclic) bond motifs is 4. The Hall–Kier alpha value is -1.14. The van der Waals surface area contributed by atoms with Gasteiger partial charge in [-0.15, -0.1) is 0 Å². The minimum absolute atomic E-state index is 0.157. The molecule has 3 aromatic rings. The van der Waals surface area contributed by atoms with Gasteiger partial charge < -0.3 is 0 Å². The summed E-state index contributed by atoms with van der Waals surface area (Å²) in [6.45, 7) is 4.60. The molecule has 3 heteroatoms. The monoisotopic (exact) mass is 510 g/mol. The van der Waals surface area contributed by atoms with Crippen LogP contribution in [0.4, 0.5) is 0 Å². The Balaban J connectivity index is 1.63. The SMILES string of the molecule is CCCC(C)C1=C[CH]([Zr]([Cl])([Cl])[C]2=CCc3ccc4ccccc4c32)c2ccccc21. The molecule has 3 aromatic carbocycles. The van der Waals surface area contributed by atoms with Gasteiger partial charge in [-0.3, -0.25) is 0 Å². The summed E-state index contributed by atoms with van der Waals surface area (Å²) in [6, 6.07) is 21.9. The fraction of sp³-hybridized carbons (Fsp3) is 0.259. The molecule has 0 heterocycles. The van der Waals surface area contributed by atoms with Crippen molar-refractivity contribution in [1.82, 2.24) is 0 Å². The molecule has 2 atom stereocenters. The molecule has 2 aliphatic rings. The maximum atomic E-state index is 7.51. The van der Waals surface area contributed by atoms with E-state index in [0.29, 0.717) is 5.92 Å². The molecule has 5 rings (SSSR count). The molecule has 0 N–H and O–H groups in total. The van der Waals surface area contributed by atoms with Crippen molar-refractivity contribution in [3.05, 3.63) is 95.1 Å². The zero-order chi connectivity index (χ0) is 20.9. The van der Waals surface area contributed by atoms with E-state index >= 15 is 0 Å². The predicted molar refractivity (Wildman–Crippen MR) is 129 cm³/mol. The second kappa shape index (κ2) is 8.09. The van der Waals surface area contributed by atoms with Crippen LogP contribution in [0.3, 0.4) is 0 Å². The third-order valence-electron chi connectivity index (χ3n) is 6.77. The number of halogens is 2. The van der Waals surface area contributed by atoms with Crippen molar-refractivity contribution in [2.24, 2.45) is 5.92 Å². The summed E-state index contributed by atoms with van der Waals surface area (Å²) < 4.78 is 1.42. The van der Waals surface area contributed by atoms with Crippen molar-refractivity contribution in [3.63, 3.8) is 0 Å². The van der Waals surface area contributed by atoms with Crippen LogP contribution >= 0.6 is 17.0 Å². The van der Waals surface area contributed by atoms with Crippen LogP contribution < -0.4 is 0 Å². The van der Waals surface area contributed by atoms with Gasteiger partial charge in [0, 0.05) is 0 Å². The normalized spacial score (nSPS) is 18.7. The third-order valence-corrected chi connectivity index (χ3v) is 17.9. The molecule has 0 saturated heterocycles. The van der Waals surface area contributed by atoms with Crippen LogP contribution in [-0.2, 0) is 24.3 Å². The number of benzene rings is 3. The Kier molecular flexibility index (Phi) is 5.59. The summed E-state index contributed by atoms with van der Waals surface area (Å²) in [4.78, 5) is 0. The van der Waals surface area contributed by atoms with Crippen LogP contribution in [-0.4, -0.2) is 0 Å². The molecule has 0 nitrogen and oxygen atoms in total. The van der Waals surface area contributed by atoms with E-state index < -0.39 is 17.9 Å². The summed E-state index contributed by atoms with van der Waals surface area (Å²) in [7, 11) is 15.0. The first-order valence-corrected chi connectivity index (χ1v) is 19.9. The van der Waals surface area contributed by atoms with E-state index in [1.807, 2.05) is 0 Å². The summed E-state index contributed by atoms with van der Waals surface area (Å²) in [6.07, 6.45) is 8.08. The topological polar surface area (TPSA) is 0 Å². The molecular weight excluding hydrogens is 486 g/mol. The Labute approximate surface area is 191 Å². The van der Waals surface area contributed by atoms with Crippen molar-refractivity contribution >= 4 is 36.7 Å². The molecule has 0 radical (unpaired) electrons. The zero-order valence-electron chi connectivity index (χ0n) is 17.5. The van der Waals surface area contributed by atoms with Gasteiger partial charge in [-0.2, -0.15) is 0 Å². The molecule has 152 valence electrons. The Morgan fingerprint density at radius 3 is 2.60 bits per heavy atom. The zero-order valence-corrected chi connectivity index (χ0v) is 21.4. The van der Waals surface area contributed by atoms with E-state index in [0.717, 1.165) is 6.42 Å². The van der Waals surface area contributed by atoms with Gasteiger partial charge in [0.1, 0.15) is 0 Å². The molecule has 0 fully saturated rings. The molecule has 0 saturated carbocycles. The van der Waals surface area contributed by atoms with Gasteiger partial charge in [0.2, 0.25) is 0 Å². The van der Waals surface area contributed by atoms with E-state index in [9.17, 15) is 0 Å². The summed E-state index contributed by atoms with van der Waals surface area (Å²) >= 11 is -3.77. The molecular formula is C27H26Cl2Zr. The fourth-order valence-corrected chi connectivity index (χ4v) is 15.3. The fourth-order valence-electron chi connectivity index (χ4n) is 5.30. The van der Waals surface area contributed by atoms with Crippen LogP contribution in [0, 0.1) is 5.92 Å². The van der Waals surface area contributed by atoms with E-state index in [1.54, 1.807) is 0 Å². The predicted octanol–water partition coefficient (Wildman–Crippen LogP) is 8.77. The molecule has 2 aliphatic carbocycles. The van der Waals surface area contributed by atoms with E-state index in [-0.39, 0.29) is 3.63 Å². The van der Waals surface area contributed by atoms with Gasteiger partial charge in [0.25, 0.3) is 0 Å². The van der Waals surface area contributed by atoms with Crippen molar-refractivity contribution in [2.45, 2.75) is 36.7 Å². The second-order valence-electron chi connectivity index (χ2n) is 8.64. The molecule has 30 heavy (non-hydrogen) atoms. The van der Waals surface area contributed by atoms with Gasteiger partial charge in [-0.1, -0.05) is 0 Å². The Bertz CT molecular complexity index is 1190. The van der Waals surface area contributed by atoms with Crippen LogP contribution in [0.15, 0.2) is 72.8 Å². The van der Waals surface area contributed by atoms with E-state index in [4.69, 9.17) is 17.0 Å². The van der Waals surface area contributed by atoms with Crippen LogP contribution in [0.25, 0.3) is 19.6 Å². The average molecular weight is 513 g/mol. The molecule has 0 aromatic heterocycles. The van der Waals surface area contributed by atoms with Crippen molar-refractivity contribution in [2.75, 3.05) is 0 Å². The van der Waals surface area contributed by atoms with Gasteiger partial charge >= 0.3 is 192 Å². The molecule has 0 amide bonds. The summed E-state index contributed by atoms with van der Waals surface area (Å²) in [5.74, 6) is 0.530. The minimum atomic E-state index is -3.77. The average Bonchev–Trinajstić information content (AvgIpc) is 3.37. The van der Waals surface area contributed by atoms with Gasteiger partial charge in [-0.25, -0.2) is 0 Å². The first-order chi connectivity index (χ1) is 14.5. The summed E-state index contributed by atoms with van der Waals surface area (Å²) in [5, 5.41) is 2.55. The van der Waals surface area contributed by atoms with Crippen LogP contribution in [0.2, 0.25) is 0 Å². The van der Waals surface area contributed by atoms with Gasteiger partial charge in [0.15, 0.2) is 0 Å². The summed E-state index contributed by atoms with van der Waals surface area (Å²) in [5.41, 5.74) is 6.82. The van der Waals surface area contributed by atoms with Crippen LogP contribution in [0.1, 0.15) is 52.6 Å². The number of hydrogen-bond acceptors (Lipinski definition) is 0. The molecule has 2 unspecified atom stereocenters. The third kappa shape index (κ3) is 3.29. The Morgan fingerprint density at radius 2 is 1.77 bits per heavy atom. The second-order valence-corrected chi connectivity index (χ2v) is 22.8. The van der Waals surface area contributed by atoms with Crippen molar-refractivity contribution in [1.29, 1.82) is 0 Å². The number of hydrogen-bond donors (Lipinski definition) is 0. The number of rotatable bonds is 5. The van der Waals surface area contributed by atoms with Crippen LogP contribution in [0.5, 0.6) is 0 Å². The standard InChI is InChI=1S/C14H17.C13H9.2ClH.Zr/c1-3-6-11(2)13-10-9-12-7-4-5-8-14(12)13;1-2-6-12-10(4-1)8-9-11-5-3-7-13(11)12;;;/h4-5,7-11H,3,6H2,1-2H3;1-4,6,8-9H,5H2;2*1H;/q;;;;+2/p-2. The first-order valence-electron chi connectivity index (χ1n) is 10.9. The van der Waals surface area contributed by atoms with E-state index in [1.165, 1.54) is 54.7 Å². The molecule has 0 aliphatic heterocycles. The molecule has 0 bridgehead atoms. The quantitative estimate of drug-likeness (QED) is 0.321. The van der Waals surface area contributed by atoms with E-state index in [2.05, 4.69) is 86.7 Å². The van der Waals surface area contributed by atoms with Crippen molar-refractivity contribution < 1.29 is 17.9 Å². The Morgan fingerprint density at radius 1 is 1.00 bits per heavy atom. The maximum absolute atomic E-state index is 7.51. The number of allylic oxidation sites excluding steroid dienone is 3. The van der Waals surface area contributed by atoms with Gasteiger partial charge in [-0.05, 0) is 0 Å². The van der Waals surface area contributed by atoms with Crippen molar-refractivity contribution in [3.8, 4) is 0 Å². The first kappa shape index (κ1) is 20.7. The molecule has 0 spiro atoms. The van der Waals surface area contributed by atoms with Gasteiger partial charge in [0.05, 0.1) is 0 Å².